The van der Waals surface area contributed by atoms with Crippen LogP contribution in [0.5, 0.6) is 17.2 Å². The Morgan fingerprint density at radius 2 is 1.61 bits per heavy atom. The van der Waals surface area contributed by atoms with Crippen LogP contribution in [0.1, 0.15) is 10.4 Å². The zero-order chi connectivity index (χ0) is 21.3. The lowest BCUT2D eigenvalue weighted by Gasteiger charge is -2.06. The van der Waals surface area contributed by atoms with Crippen LogP contribution in [-0.2, 0) is 0 Å². The molecular weight excluding hydrogens is 388 g/mol. The van der Waals surface area contributed by atoms with Crippen LogP contribution in [0.15, 0.2) is 91.1 Å². The van der Waals surface area contributed by atoms with Crippen LogP contribution >= 0.6 is 0 Å². The van der Waals surface area contributed by atoms with Crippen molar-refractivity contribution < 1.29 is 14.3 Å². The van der Waals surface area contributed by atoms with Crippen molar-refractivity contribution in [2.45, 2.75) is 0 Å². The third-order valence-electron chi connectivity index (χ3n) is 4.45. The lowest BCUT2D eigenvalue weighted by molar-refractivity contribution is 0.0958. The van der Waals surface area contributed by atoms with Gasteiger partial charge in [0.05, 0.1) is 6.54 Å². The number of carbonyl (C=O) groups excluding carboxylic acids is 1. The highest BCUT2D eigenvalue weighted by molar-refractivity contribution is 5.94. The molecule has 5 heteroatoms. The molecule has 152 valence electrons. The number of amides is 1. The predicted molar refractivity (Wildman–Crippen MR) is 120 cm³/mol. The van der Waals surface area contributed by atoms with Crippen molar-refractivity contribution in [3.05, 3.63) is 96.7 Å². The molecule has 4 aromatic rings. The fourth-order valence-corrected chi connectivity index (χ4v) is 2.95. The van der Waals surface area contributed by atoms with E-state index in [1.807, 2.05) is 60.7 Å². The zero-order valence-corrected chi connectivity index (χ0v) is 16.7. The minimum atomic E-state index is -0.195. The minimum Gasteiger partial charge on any atom is -0.479 e. The van der Waals surface area contributed by atoms with Crippen LogP contribution in [0.25, 0.3) is 10.9 Å². The summed E-state index contributed by atoms with van der Waals surface area (Å²) in [4.78, 5) is 16.6. The standard InChI is InChI=1S/C26H20N2O3/c29-26(21-13-15-23(16-14-21)31-22-10-2-1-3-11-22)28-17-4-5-19-30-24-12-6-8-20-9-7-18-27-25(20)24/h1-3,6-16,18H,17,19H2,(H,28,29). The number of ether oxygens (including phenoxy) is 2. The lowest BCUT2D eigenvalue weighted by atomic mass is 10.2. The molecule has 3 aromatic carbocycles. The lowest BCUT2D eigenvalue weighted by Crippen LogP contribution is -2.23. The number of carbonyl (C=O) groups is 1. The summed E-state index contributed by atoms with van der Waals surface area (Å²) in [5.41, 5.74) is 1.35. The molecular formula is C26H20N2O3. The second-order valence-corrected chi connectivity index (χ2v) is 6.60. The first-order valence-electron chi connectivity index (χ1n) is 9.83. The number of rotatable bonds is 6. The molecule has 0 aliphatic rings. The molecule has 1 heterocycles. The molecule has 0 aliphatic heterocycles. The van der Waals surface area contributed by atoms with Crippen molar-refractivity contribution in [3.8, 4) is 29.1 Å². The second-order valence-electron chi connectivity index (χ2n) is 6.60. The molecule has 1 N–H and O–H groups in total. The smallest absolute Gasteiger partial charge is 0.252 e. The molecule has 5 nitrogen and oxygen atoms in total. The van der Waals surface area contributed by atoms with E-state index in [9.17, 15) is 4.79 Å². The van der Waals surface area contributed by atoms with Crippen LogP contribution in [0.2, 0.25) is 0 Å². The van der Waals surface area contributed by atoms with Gasteiger partial charge in [0.1, 0.15) is 29.4 Å². The van der Waals surface area contributed by atoms with Gasteiger partial charge in [0.2, 0.25) is 0 Å². The maximum Gasteiger partial charge on any atom is 0.252 e. The number of aromatic nitrogens is 1. The van der Waals surface area contributed by atoms with Gasteiger partial charge in [-0.2, -0.15) is 0 Å². The van der Waals surface area contributed by atoms with Crippen LogP contribution in [0.4, 0.5) is 0 Å². The normalized spacial score (nSPS) is 10.1. The third-order valence-corrected chi connectivity index (χ3v) is 4.45. The largest absolute Gasteiger partial charge is 0.479 e. The number of nitrogens with zero attached hydrogens (tertiary/aromatic N) is 1. The zero-order valence-electron chi connectivity index (χ0n) is 16.7. The van der Waals surface area contributed by atoms with Crippen molar-refractivity contribution in [2.24, 2.45) is 0 Å². The van der Waals surface area contributed by atoms with Crippen LogP contribution in [0.3, 0.4) is 0 Å². The first kappa shape index (κ1) is 20.0. The number of hydrogen-bond donors (Lipinski definition) is 1. The maximum absolute atomic E-state index is 12.3. The summed E-state index contributed by atoms with van der Waals surface area (Å²) in [6, 6.07) is 26.1. The van der Waals surface area contributed by atoms with Gasteiger partial charge in [0.15, 0.2) is 0 Å². The van der Waals surface area contributed by atoms with Gasteiger partial charge in [-0.3, -0.25) is 9.78 Å². The number of hydrogen-bond acceptors (Lipinski definition) is 4. The molecule has 1 amide bonds. The van der Waals surface area contributed by atoms with Crippen molar-refractivity contribution >= 4 is 16.8 Å². The number of pyridine rings is 1. The van der Waals surface area contributed by atoms with Crippen molar-refractivity contribution in [1.82, 2.24) is 10.3 Å². The van der Waals surface area contributed by atoms with Crippen LogP contribution in [0, 0.1) is 11.8 Å². The summed E-state index contributed by atoms with van der Waals surface area (Å²) >= 11 is 0. The maximum atomic E-state index is 12.3. The van der Waals surface area contributed by atoms with Gasteiger partial charge in [-0.1, -0.05) is 48.2 Å². The molecule has 0 fully saturated rings. The van der Waals surface area contributed by atoms with E-state index in [-0.39, 0.29) is 19.1 Å². The summed E-state index contributed by atoms with van der Waals surface area (Å²) < 4.78 is 11.4. The van der Waals surface area contributed by atoms with Gasteiger partial charge in [-0.25, -0.2) is 0 Å². The summed E-state index contributed by atoms with van der Waals surface area (Å²) in [5.74, 6) is 7.71. The van der Waals surface area contributed by atoms with E-state index in [2.05, 4.69) is 22.1 Å². The Morgan fingerprint density at radius 1 is 0.839 bits per heavy atom. The van der Waals surface area contributed by atoms with Gasteiger partial charge >= 0.3 is 0 Å². The minimum absolute atomic E-state index is 0.195. The number of nitrogens with one attached hydrogen (secondary N) is 1. The summed E-state index contributed by atoms with van der Waals surface area (Å²) in [6.07, 6.45) is 1.73. The summed E-state index contributed by atoms with van der Waals surface area (Å²) in [7, 11) is 0. The fourth-order valence-electron chi connectivity index (χ4n) is 2.95. The topological polar surface area (TPSA) is 60.5 Å². The quantitative estimate of drug-likeness (QED) is 0.464. The molecule has 0 bridgehead atoms. The SMILES string of the molecule is O=C(NCC#CCOc1cccc2cccnc12)c1ccc(Oc2ccccc2)cc1. The molecule has 0 atom stereocenters. The first-order chi connectivity index (χ1) is 15.3. The third kappa shape index (κ3) is 5.40. The Morgan fingerprint density at radius 3 is 2.45 bits per heavy atom. The Balaban J connectivity index is 1.24. The number of para-hydroxylation sites is 2. The molecule has 0 unspecified atom stereocenters. The monoisotopic (exact) mass is 408 g/mol. The predicted octanol–water partition coefficient (Wildman–Crippen LogP) is 4.84. The van der Waals surface area contributed by atoms with E-state index < -0.39 is 0 Å². The van der Waals surface area contributed by atoms with Gasteiger partial charge < -0.3 is 14.8 Å². The summed E-state index contributed by atoms with van der Waals surface area (Å²) in [6.45, 7) is 0.454. The Labute approximate surface area is 180 Å². The average Bonchev–Trinajstić information content (AvgIpc) is 2.82. The molecule has 0 spiro atoms. The van der Waals surface area contributed by atoms with Crippen molar-refractivity contribution in [2.75, 3.05) is 13.2 Å². The van der Waals surface area contributed by atoms with Crippen LogP contribution < -0.4 is 14.8 Å². The second kappa shape index (κ2) is 9.95. The molecule has 4 rings (SSSR count). The van der Waals surface area contributed by atoms with E-state index in [1.54, 1.807) is 30.5 Å². The van der Waals surface area contributed by atoms with E-state index in [4.69, 9.17) is 9.47 Å². The van der Waals surface area contributed by atoms with E-state index >= 15 is 0 Å². The van der Waals surface area contributed by atoms with Crippen molar-refractivity contribution in [3.63, 3.8) is 0 Å². The van der Waals surface area contributed by atoms with Gasteiger partial charge in [0.25, 0.3) is 5.91 Å². The van der Waals surface area contributed by atoms with E-state index in [1.165, 1.54) is 0 Å². The fraction of sp³-hybridized carbons (Fsp3) is 0.0769. The van der Waals surface area contributed by atoms with Gasteiger partial charge in [0, 0.05) is 17.1 Å². The molecule has 0 saturated carbocycles. The highest BCUT2D eigenvalue weighted by Gasteiger charge is 2.05. The molecule has 0 aliphatic carbocycles. The van der Waals surface area contributed by atoms with Crippen LogP contribution in [-0.4, -0.2) is 24.0 Å². The van der Waals surface area contributed by atoms with Gasteiger partial charge in [-0.15, -0.1) is 0 Å². The Bertz CT molecular complexity index is 1220. The Hall–Kier alpha value is -4.30. The molecule has 0 saturated heterocycles. The van der Waals surface area contributed by atoms with E-state index in [0.29, 0.717) is 17.1 Å². The summed E-state index contributed by atoms with van der Waals surface area (Å²) in [5, 5.41) is 3.79. The molecule has 31 heavy (non-hydrogen) atoms. The number of fused-ring (bicyclic) bond motifs is 1. The Kier molecular flexibility index (Phi) is 6.42. The highest BCUT2D eigenvalue weighted by Crippen LogP contribution is 2.23. The van der Waals surface area contributed by atoms with E-state index in [0.717, 1.165) is 16.7 Å². The first-order valence-corrected chi connectivity index (χ1v) is 9.83. The highest BCUT2D eigenvalue weighted by atomic mass is 16.5. The number of benzene rings is 3. The van der Waals surface area contributed by atoms with Gasteiger partial charge in [-0.05, 0) is 48.5 Å². The molecule has 1 aromatic heterocycles. The average molecular weight is 408 g/mol. The van der Waals surface area contributed by atoms with Crippen molar-refractivity contribution in [1.29, 1.82) is 0 Å². The molecule has 0 radical (unpaired) electrons.